The molecule has 0 bridgehead atoms. The summed E-state index contributed by atoms with van der Waals surface area (Å²) in [5.74, 6) is 0.836. The number of ether oxygens (including phenoxy) is 4. The zero-order valence-electron chi connectivity index (χ0n) is 25.5. The largest absolute Gasteiger partial charge is 0.496 e. The minimum Gasteiger partial charge on any atom is -0.496 e. The Kier molecular flexibility index (Phi) is 9.99. The molecule has 44 heavy (non-hydrogen) atoms. The van der Waals surface area contributed by atoms with E-state index in [-0.39, 0.29) is 13.0 Å². The van der Waals surface area contributed by atoms with E-state index < -0.39 is 29.7 Å². The van der Waals surface area contributed by atoms with Crippen molar-refractivity contribution in [1.29, 1.82) is 0 Å². The van der Waals surface area contributed by atoms with Crippen molar-refractivity contribution in [3.8, 4) is 45.5 Å². The molecule has 11 nitrogen and oxygen atoms in total. The third kappa shape index (κ3) is 8.43. The van der Waals surface area contributed by atoms with Crippen LogP contribution in [0.3, 0.4) is 0 Å². The van der Waals surface area contributed by atoms with Gasteiger partial charge in [0.1, 0.15) is 23.1 Å². The molecule has 0 unspecified atom stereocenters. The molecule has 0 saturated carbocycles. The summed E-state index contributed by atoms with van der Waals surface area (Å²) in [6, 6.07) is 18.9. The summed E-state index contributed by atoms with van der Waals surface area (Å²) >= 11 is 0. The first-order valence-corrected chi connectivity index (χ1v) is 14.0. The second-order valence-corrected chi connectivity index (χ2v) is 10.8. The second kappa shape index (κ2) is 13.9. The predicted molar refractivity (Wildman–Crippen MR) is 162 cm³/mol. The number of nitrogens with zero attached hydrogens (tertiary/aromatic N) is 2. The first-order valence-electron chi connectivity index (χ1n) is 14.0. The van der Waals surface area contributed by atoms with Crippen LogP contribution in [0.15, 0.2) is 71.3 Å². The topological polar surface area (TPSA) is 139 Å². The molecule has 0 aliphatic heterocycles. The van der Waals surface area contributed by atoms with Crippen molar-refractivity contribution in [3.63, 3.8) is 0 Å². The summed E-state index contributed by atoms with van der Waals surface area (Å²) in [7, 11) is 1.59. The van der Waals surface area contributed by atoms with E-state index in [0.29, 0.717) is 34.3 Å². The fraction of sp³-hybridized carbons (Fsp3) is 0.303. The van der Waals surface area contributed by atoms with E-state index in [0.717, 1.165) is 16.7 Å². The van der Waals surface area contributed by atoms with E-state index in [9.17, 15) is 14.4 Å². The average Bonchev–Trinajstić information content (AvgIpc) is 3.47. The monoisotopic (exact) mass is 601 g/mol. The van der Waals surface area contributed by atoms with Gasteiger partial charge in [-0.3, -0.25) is 4.79 Å². The van der Waals surface area contributed by atoms with E-state index in [2.05, 4.69) is 15.5 Å². The van der Waals surface area contributed by atoms with Gasteiger partial charge in [-0.05, 0) is 69.2 Å². The van der Waals surface area contributed by atoms with Crippen LogP contribution in [0.5, 0.6) is 11.5 Å². The van der Waals surface area contributed by atoms with Crippen molar-refractivity contribution in [3.05, 3.63) is 72.3 Å². The molecule has 0 aliphatic rings. The van der Waals surface area contributed by atoms with Crippen LogP contribution in [-0.2, 0) is 25.5 Å². The number of carbonyl (C=O) groups excluding carboxylic acids is 3. The summed E-state index contributed by atoms with van der Waals surface area (Å²) in [6.45, 7) is 8.47. The molecule has 3 aromatic carbocycles. The van der Waals surface area contributed by atoms with Crippen LogP contribution < -0.4 is 14.8 Å². The summed E-state index contributed by atoms with van der Waals surface area (Å²) in [6.07, 6.45) is -0.501. The lowest BCUT2D eigenvalue weighted by molar-refractivity contribution is -0.145. The minimum absolute atomic E-state index is 0.183. The van der Waals surface area contributed by atoms with Gasteiger partial charge in [-0.1, -0.05) is 41.6 Å². The number of nitrogens with one attached hydrogen (secondary N) is 1. The van der Waals surface area contributed by atoms with Crippen molar-refractivity contribution >= 4 is 18.0 Å². The highest BCUT2D eigenvalue weighted by atomic mass is 16.6. The Hall–Kier alpha value is -5.19. The standard InChI is InChI=1S/C33H35N3O8/c1-7-41-31(38)27(34-32(39)43-33(3,4)5)18-21-8-10-23(11-9-21)29-35-30(44-36-29)24-14-17-28(40-6)26(19-24)22-12-15-25(16-13-22)42-20(2)37/h8-17,19,27H,7,18H2,1-6H3,(H,34,39)/t27-/m0/s1. The molecular weight excluding hydrogens is 566 g/mol. The zero-order chi connectivity index (χ0) is 31.9. The van der Waals surface area contributed by atoms with Crippen molar-refractivity contribution in [2.75, 3.05) is 13.7 Å². The number of amides is 1. The molecule has 0 fully saturated rings. The van der Waals surface area contributed by atoms with Crippen LogP contribution in [0.1, 0.15) is 40.2 Å². The number of benzene rings is 3. The lowest BCUT2D eigenvalue weighted by Crippen LogP contribution is -2.45. The molecule has 1 amide bonds. The Morgan fingerprint density at radius 1 is 0.932 bits per heavy atom. The van der Waals surface area contributed by atoms with Gasteiger partial charge in [-0.25, -0.2) is 9.59 Å². The smallest absolute Gasteiger partial charge is 0.408 e. The van der Waals surface area contributed by atoms with E-state index >= 15 is 0 Å². The van der Waals surface area contributed by atoms with Crippen molar-refractivity contribution < 1.29 is 37.9 Å². The van der Waals surface area contributed by atoms with Gasteiger partial charge in [0.25, 0.3) is 5.89 Å². The summed E-state index contributed by atoms with van der Waals surface area (Å²) in [4.78, 5) is 40.7. The van der Waals surface area contributed by atoms with Crippen LogP contribution in [0.25, 0.3) is 34.0 Å². The van der Waals surface area contributed by atoms with E-state index in [1.165, 1.54) is 6.92 Å². The van der Waals surface area contributed by atoms with Gasteiger partial charge < -0.3 is 28.8 Å². The molecule has 230 valence electrons. The summed E-state index contributed by atoms with van der Waals surface area (Å²) < 4.78 is 26.7. The normalized spacial score (nSPS) is 11.8. The molecule has 1 atom stereocenters. The van der Waals surface area contributed by atoms with E-state index in [1.54, 1.807) is 46.9 Å². The van der Waals surface area contributed by atoms with Crippen LogP contribution in [0.2, 0.25) is 0 Å². The van der Waals surface area contributed by atoms with Crippen molar-refractivity contribution in [1.82, 2.24) is 15.5 Å². The maximum Gasteiger partial charge on any atom is 0.408 e. The molecule has 1 N–H and O–H groups in total. The molecule has 0 spiro atoms. The molecule has 1 heterocycles. The molecule has 1 aromatic heterocycles. The SMILES string of the molecule is CCOC(=O)[C@H](Cc1ccc(-c2noc(-c3ccc(OC)c(-c4ccc(OC(C)=O)cc4)c3)n2)cc1)NC(=O)OC(C)(C)C. The van der Waals surface area contributed by atoms with Gasteiger partial charge in [0.2, 0.25) is 5.82 Å². The number of esters is 2. The Bertz CT molecular complexity index is 1610. The third-order valence-electron chi connectivity index (χ3n) is 6.21. The van der Waals surface area contributed by atoms with E-state index in [4.69, 9.17) is 23.5 Å². The fourth-order valence-corrected chi connectivity index (χ4v) is 4.30. The highest BCUT2D eigenvalue weighted by Crippen LogP contribution is 2.35. The van der Waals surface area contributed by atoms with Gasteiger partial charge in [0.15, 0.2) is 0 Å². The number of hydrogen-bond donors (Lipinski definition) is 1. The van der Waals surface area contributed by atoms with Crippen LogP contribution in [0.4, 0.5) is 4.79 Å². The van der Waals surface area contributed by atoms with Gasteiger partial charge in [0.05, 0.1) is 13.7 Å². The summed E-state index contributed by atoms with van der Waals surface area (Å²) in [5, 5.41) is 6.76. The molecule has 11 heteroatoms. The maximum absolute atomic E-state index is 12.5. The van der Waals surface area contributed by atoms with Gasteiger partial charge in [0, 0.05) is 30.0 Å². The Morgan fingerprint density at radius 2 is 1.59 bits per heavy atom. The zero-order valence-corrected chi connectivity index (χ0v) is 25.5. The number of alkyl carbamates (subject to hydrolysis) is 1. The van der Waals surface area contributed by atoms with Crippen molar-refractivity contribution in [2.24, 2.45) is 0 Å². The minimum atomic E-state index is -0.922. The second-order valence-electron chi connectivity index (χ2n) is 10.8. The molecule has 4 rings (SSSR count). The molecule has 0 radical (unpaired) electrons. The number of carbonyl (C=O) groups is 3. The van der Waals surface area contributed by atoms with Crippen molar-refractivity contribution in [2.45, 2.75) is 52.7 Å². The molecule has 0 saturated heterocycles. The number of rotatable bonds is 10. The van der Waals surface area contributed by atoms with Gasteiger partial charge >= 0.3 is 18.0 Å². The summed E-state index contributed by atoms with van der Waals surface area (Å²) in [5.41, 5.74) is 3.10. The molecule has 0 aliphatic carbocycles. The Morgan fingerprint density at radius 3 is 2.20 bits per heavy atom. The van der Waals surface area contributed by atoms with Crippen LogP contribution in [0, 0.1) is 0 Å². The number of methoxy groups -OCH3 is 1. The lowest BCUT2D eigenvalue weighted by Gasteiger charge is -2.23. The lowest BCUT2D eigenvalue weighted by atomic mass is 10.0. The predicted octanol–water partition coefficient (Wildman–Crippen LogP) is 6.00. The highest BCUT2D eigenvalue weighted by molar-refractivity contribution is 5.82. The van der Waals surface area contributed by atoms with Crippen LogP contribution >= 0.6 is 0 Å². The van der Waals surface area contributed by atoms with E-state index in [1.807, 2.05) is 54.6 Å². The van der Waals surface area contributed by atoms with Gasteiger partial charge in [-0.2, -0.15) is 4.98 Å². The first-order chi connectivity index (χ1) is 21.0. The van der Waals surface area contributed by atoms with Gasteiger partial charge in [-0.15, -0.1) is 0 Å². The average molecular weight is 602 g/mol. The fourth-order valence-electron chi connectivity index (χ4n) is 4.30. The molecule has 4 aromatic rings. The first kappa shape index (κ1) is 31.7. The quantitative estimate of drug-likeness (QED) is 0.170. The Balaban J connectivity index is 1.51. The number of aromatic nitrogens is 2. The highest BCUT2D eigenvalue weighted by Gasteiger charge is 2.26. The molecular formula is C33H35N3O8. The number of hydrogen-bond acceptors (Lipinski definition) is 10. The maximum atomic E-state index is 12.5. The van der Waals surface area contributed by atoms with Crippen LogP contribution in [-0.4, -0.2) is 53.5 Å². The third-order valence-corrected chi connectivity index (χ3v) is 6.21. The Labute approximate surface area is 255 Å².